The summed E-state index contributed by atoms with van der Waals surface area (Å²) >= 11 is 0. The van der Waals surface area contributed by atoms with E-state index in [1.54, 1.807) is 4.72 Å². The SMILES string of the molecule is [2H]C([2H])([2H])NS(=O)(=O)c1ccc(Nc2ncc(C(=C)F)c(O[C@H]3CCC[C@H]3O)n2)cc1. The van der Waals surface area contributed by atoms with Crippen molar-refractivity contribution in [3.8, 4) is 5.88 Å². The van der Waals surface area contributed by atoms with Gasteiger partial charge in [-0.15, -0.1) is 0 Å². The van der Waals surface area contributed by atoms with Crippen molar-refractivity contribution in [1.29, 1.82) is 0 Å². The van der Waals surface area contributed by atoms with Gasteiger partial charge in [0.1, 0.15) is 11.9 Å². The quantitative estimate of drug-likeness (QED) is 0.641. The molecule has 3 N–H and O–H groups in total. The lowest BCUT2D eigenvalue weighted by atomic mass is 10.2. The molecule has 0 unspecified atom stereocenters. The van der Waals surface area contributed by atoms with E-state index >= 15 is 0 Å². The first-order valence-electron chi connectivity index (χ1n) is 9.92. The lowest BCUT2D eigenvalue weighted by molar-refractivity contribution is 0.0571. The molecule has 0 aliphatic heterocycles. The number of halogens is 1. The highest BCUT2D eigenvalue weighted by molar-refractivity contribution is 7.89. The topological polar surface area (TPSA) is 113 Å². The Balaban J connectivity index is 1.79. The average Bonchev–Trinajstić information content (AvgIpc) is 3.05. The minimum atomic E-state index is -4.21. The molecule has 28 heavy (non-hydrogen) atoms. The number of aliphatic hydroxyl groups is 1. The van der Waals surface area contributed by atoms with Crippen LogP contribution in [0.1, 0.15) is 28.9 Å². The van der Waals surface area contributed by atoms with Crippen LogP contribution in [0.4, 0.5) is 16.0 Å². The van der Waals surface area contributed by atoms with Crippen molar-refractivity contribution in [1.82, 2.24) is 14.7 Å². The molecule has 150 valence electrons. The van der Waals surface area contributed by atoms with Gasteiger partial charge in [0.2, 0.25) is 21.9 Å². The van der Waals surface area contributed by atoms with Crippen LogP contribution in [0.2, 0.25) is 0 Å². The van der Waals surface area contributed by atoms with Crippen molar-refractivity contribution < 1.29 is 26.8 Å². The molecule has 1 aliphatic rings. The Morgan fingerprint density at radius 2 is 2.14 bits per heavy atom. The zero-order valence-corrected chi connectivity index (χ0v) is 15.5. The summed E-state index contributed by atoms with van der Waals surface area (Å²) in [4.78, 5) is 7.91. The van der Waals surface area contributed by atoms with Crippen molar-refractivity contribution in [3.63, 3.8) is 0 Å². The molecule has 1 heterocycles. The number of ether oxygens (including phenoxy) is 1. The highest BCUT2D eigenvalue weighted by Crippen LogP contribution is 2.30. The number of nitrogens with zero attached hydrogens (tertiary/aromatic N) is 2. The minimum absolute atomic E-state index is 0.0400. The number of hydrogen-bond donors (Lipinski definition) is 3. The van der Waals surface area contributed by atoms with Gasteiger partial charge >= 0.3 is 0 Å². The van der Waals surface area contributed by atoms with Crippen LogP contribution in [0.25, 0.3) is 5.83 Å². The summed E-state index contributed by atoms with van der Waals surface area (Å²) in [5, 5.41) is 12.8. The first-order chi connectivity index (χ1) is 14.4. The van der Waals surface area contributed by atoms with Crippen LogP contribution in [0.5, 0.6) is 5.88 Å². The predicted molar refractivity (Wildman–Crippen MR) is 102 cm³/mol. The van der Waals surface area contributed by atoms with Gasteiger partial charge in [-0.1, -0.05) is 6.58 Å². The molecule has 0 amide bonds. The van der Waals surface area contributed by atoms with E-state index in [0.717, 1.165) is 6.42 Å². The van der Waals surface area contributed by atoms with Gasteiger partial charge < -0.3 is 15.2 Å². The molecule has 0 saturated heterocycles. The molecule has 10 heteroatoms. The van der Waals surface area contributed by atoms with Gasteiger partial charge in [0, 0.05) is 16.0 Å². The van der Waals surface area contributed by atoms with Crippen LogP contribution in [0.15, 0.2) is 41.9 Å². The number of aromatic nitrogens is 2. The number of benzene rings is 1. The van der Waals surface area contributed by atoms with Gasteiger partial charge in [0.25, 0.3) is 0 Å². The number of nitrogens with one attached hydrogen (secondary N) is 2. The second-order valence-corrected chi connectivity index (χ2v) is 7.91. The van der Waals surface area contributed by atoms with Gasteiger partial charge in [-0.05, 0) is 50.5 Å². The Morgan fingerprint density at radius 1 is 1.39 bits per heavy atom. The second kappa shape index (κ2) is 8.21. The van der Waals surface area contributed by atoms with E-state index in [1.807, 2.05) is 0 Å². The standard InChI is InChI=1S/C18H21FN4O4S/c1-11(19)14-10-21-18(23-17(14)27-16-5-3-4-15(16)24)22-12-6-8-13(9-7-12)28(25,26)20-2/h6-10,15-16,20,24H,1,3-5H2,2H3,(H,21,22,23)/t15-,16+/m1/s1/i2D3. The third-order valence-electron chi connectivity index (χ3n) is 4.28. The van der Waals surface area contributed by atoms with E-state index in [2.05, 4.69) is 21.9 Å². The number of hydrogen-bond acceptors (Lipinski definition) is 7. The van der Waals surface area contributed by atoms with Crippen molar-refractivity contribution in [3.05, 3.63) is 42.6 Å². The molecule has 1 saturated carbocycles. The summed E-state index contributed by atoms with van der Waals surface area (Å²) in [7, 11) is -4.21. The van der Waals surface area contributed by atoms with Gasteiger partial charge in [0.05, 0.1) is 16.6 Å². The molecular formula is C18H21FN4O4S. The average molecular weight is 411 g/mol. The molecule has 0 radical (unpaired) electrons. The Bertz CT molecular complexity index is 1060. The fourth-order valence-electron chi connectivity index (χ4n) is 2.80. The molecule has 0 spiro atoms. The highest BCUT2D eigenvalue weighted by atomic mass is 32.2. The van der Waals surface area contributed by atoms with E-state index < -0.39 is 35.0 Å². The van der Waals surface area contributed by atoms with Crippen LogP contribution in [-0.4, -0.2) is 42.7 Å². The molecular weight excluding hydrogens is 387 g/mol. The van der Waals surface area contributed by atoms with Gasteiger partial charge in [-0.25, -0.2) is 22.5 Å². The summed E-state index contributed by atoms with van der Waals surface area (Å²) in [6, 6.07) is 5.20. The Hall–Kier alpha value is -2.56. The summed E-state index contributed by atoms with van der Waals surface area (Å²) in [6.07, 6.45) is 1.96. The first-order valence-corrected chi connectivity index (χ1v) is 9.90. The van der Waals surface area contributed by atoms with E-state index in [-0.39, 0.29) is 22.3 Å². The lowest BCUT2D eigenvalue weighted by Crippen LogP contribution is -2.26. The highest BCUT2D eigenvalue weighted by Gasteiger charge is 2.28. The van der Waals surface area contributed by atoms with E-state index in [0.29, 0.717) is 18.5 Å². The minimum Gasteiger partial charge on any atom is -0.471 e. The van der Waals surface area contributed by atoms with Crippen LogP contribution in [0, 0.1) is 0 Å². The lowest BCUT2D eigenvalue weighted by Gasteiger charge is -2.18. The first kappa shape index (κ1) is 16.4. The van der Waals surface area contributed by atoms with E-state index in [9.17, 15) is 17.9 Å². The summed E-state index contributed by atoms with van der Waals surface area (Å²) in [6.45, 7) is 0.387. The molecule has 0 bridgehead atoms. The van der Waals surface area contributed by atoms with Crippen molar-refractivity contribution in [2.75, 3.05) is 12.3 Å². The zero-order valence-electron chi connectivity index (χ0n) is 17.7. The number of rotatable bonds is 7. The van der Waals surface area contributed by atoms with E-state index in [1.165, 1.54) is 30.5 Å². The van der Waals surface area contributed by atoms with E-state index in [4.69, 9.17) is 8.85 Å². The van der Waals surface area contributed by atoms with Gasteiger partial charge in [-0.3, -0.25) is 0 Å². The molecule has 1 fully saturated rings. The maximum atomic E-state index is 13.8. The monoisotopic (exact) mass is 411 g/mol. The zero-order chi connectivity index (χ0) is 22.8. The fraction of sp³-hybridized carbons (Fsp3) is 0.333. The number of sulfonamides is 1. The summed E-state index contributed by atoms with van der Waals surface area (Å²) < 4.78 is 66.3. The maximum absolute atomic E-state index is 13.8. The molecule has 8 nitrogen and oxygen atoms in total. The molecule has 1 aromatic carbocycles. The summed E-state index contributed by atoms with van der Waals surface area (Å²) in [5.74, 6) is -0.814. The number of aliphatic hydroxyl groups excluding tert-OH is 1. The molecule has 1 aromatic heterocycles. The molecule has 2 atom stereocenters. The van der Waals surface area contributed by atoms with Crippen molar-refractivity contribution in [2.24, 2.45) is 0 Å². The largest absolute Gasteiger partial charge is 0.471 e. The molecule has 2 aromatic rings. The number of anilines is 2. The predicted octanol–water partition coefficient (Wildman–Crippen LogP) is 2.36. The Labute approximate surface area is 166 Å². The van der Waals surface area contributed by atoms with Crippen molar-refractivity contribution in [2.45, 2.75) is 36.4 Å². The van der Waals surface area contributed by atoms with Crippen LogP contribution < -0.4 is 14.8 Å². The van der Waals surface area contributed by atoms with Crippen molar-refractivity contribution >= 4 is 27.5 Å². The smallest absolute Gasteiger partial charge is 0.240 e. The molecule has 3 rings (SSSR count). The molecule has 1 aliphatic carbocycles. The van der Waals surface area contributed by atoms with Crippen LogP contribution in [0.3, 0.4) is 0 Å². The third kappa shape index (κ3) is 4.46. The Kier molecular flexibility index (Phi) is 4.81. The Morgan fingerprint density at radius 3 is 2.75 bits per heavy atom. The fourth-order valence-corrected chi connectivity index (χ4v) is 3.41. The van der Waals surface area contributed by atoms with Crippen LogP contribution >= 0.6 is 0 Å². The summed E-state index contributed by atoms with van der Waals surface area (Å²) in [5.41, 5.74) is 0.355. The van der Waals surface area contributed by atoms with Gasteiger partial charge in [-0.2, -0.15) is 4.98 Å². The third-order valence-corrected chi connectivity index (χ3v) is 5.44. The van der Waals surface area contributed by atoms with Gasteiger partial charge in [0.15, 0.2) is 0 Å². The normalized spacial score (nSPS) is 21.4. The van der Waals surface area contributed by atoms with Crippen LogP contribution in [-0.2, 0) is 10.0 Å². The maximum Gasteiger partial charge on any atom is 0.240 e. The second-order valence-electron chi connectivity index (χ2n) is 6.23.